The molecule has 1 aromatic carbocycles. The summed E-state index contributed by atoms with van der Waals surface area (Å²) in [5.41, 5.74) is 4.03. The van der Waals surface area contributed by atoms with Crippen molar-refractivity contribution in [3.8, 4) is 0 Å². The minimum absolute atomic E-state index is 0.299. The smallest absolute Gasteiger partial charge is 0.325 e. The SMILES string of the molecule is CC(C)[C@H](NC(=O)C1(/C=C/c2ccc3ccc([C@@H](C)O)nc3c2)CCOCC1)C(=O)N[C@@H](C)C(=O)N1CCC[C@@H](C(=O)OCC(Cl)(Cl)Cl)N1. The number of pyridine rings is 1. The summed E-state index contributed by atoms with van der Waals surface area (Å²) < 4.78 is 8.88. The van der Waals surface area contributed by atoms with Gasteiger partial charge in [-0.2, -0.15) is 0 Å². The van der Waals surface area contributed by atoms with E-state index in [1.807, 2.05) is 50.3 Å². The Hall–Kier alpha value is -3.00. The molecule has 0 aliphatic carbocycles. The van der Waals surface area contributed by atoms with Crippen molar-refractivity contribution in [2.24, 2.45) is 11.3 Å². The second-order valence-electron chi connectivity index (χ2n) is 12.9. The molecule has 2 aliphatic rings. The lowest BCUT2D eigenvalue weighted by molar-refractivity contribution is -0.152. The number of fused-ring (bicyclic) bond motifs is 1. The number of alkyl halides is 3. The van der Waals surface area contributed by atoms with Crippen molar-refractivity contribution in [3.05, 3.63) is 47.7 Å². The molecule has 3 amide bonds. The van der Waals surface area contributed by atoms with Crippen LogP contribution in [0.1, 0.15) is 70.7 Å². The van der Waals surface area contributed by atoms with E-state index in [4.69, 9.17) is 44.3 Å². The molecule has 12 nitrogen and oxygen atoms in total. The van der Waals surface area contributed by atoms with Gasteiger partial charge < -0.3 is 25.2 Å². The van der Waals surface area contributed by atoms with Crippen molar-refractivity contribution in [2.75, 3.05) is 26.4 Å². The van der Waals surface area contributed by atoms with Gasteiger partial charge in [0.1, 0.15) is 24.7 Å². The van der Waals surface area contributed by atoms with Gasteiger partial charge in [0.2, 0.25) is 15.6 Å². The number of carbonyl (C=O) groups excluding carboxylic acids is 4. The number of aliphatic hydroxyl groups is 1. The van der Waals surface area contributed by atoms with E-state index in [0.29, 0.717) is 51.1 Å². The zero-order valence-corrected chi connectivity index (χ0v) is 30.3. The number of nitrogens with one attached hydrogen (secondary N) is 3. The minimum atomic E-state index is -1.76. The lowest BCUT2D eigenvalue weighted by Crippen LogP contribution is -2.61. The molecule has 0 radical (unpaired) electrons. The van der Waals surface area contributed by atoms with Gasteiger partial charge in [-0.25, -0.2) is 5.43 Å². The van der Waals surface area contributed by atoms with Crippen LogP contribution < -0.4 is 16.1 Å². The zero-order chi connectivity index (χ0) is 35.9. The summed E-state index contributed by atoms with van der Waals surface area (Å²) in [4.78, 5) is 57.8. The molecule has 2 saturated heterocycles. The highest BCUT2D eigenvalue weighted by molar-refractivity contribution is 6.67. The van der Waals surface area contributed by atoms with E-state index < -0.39 is 57.8 Å². The molecule has 268 valence electrons. The Morgan fingerprint density at radius 1 is 1.12 bits per heavy atom. The van der Waals surface area contributed by atoms with Crippen molar-refractivity contribution in [1.29, 1.82) is 0 Å². The van der Waals surface area contributed by atoms with Gasteiger partial charge in [0.25, 0.3) is 5.91 Å². The molecular formula is C34H44Cl3N5O7. The first-order valence-electron chi connectivity index (χ1n) is 16.4. The molecule has 15 heteroatoms. The molecule has 4 N–H and O–H groups in total. The summed E-state index contributed by atoms with van der Waals surface area (Å²) in [6, 6.07) is 6.74. The summed E-state index contributed by atoms with van der Waals surface area (Å²) in [5.74, 6) is -2.26. The second-order valence-corrected chi connectivity index (χ2v) is 15.4. The Morgan fingerprint density at radius 2 is 1.82 bits per heavy atom. The summed E-state index contributed by atoms with van der Waals surface area (Å²) in [5, 5.41) is 17.8. The number of ether oxygens (including phenoxy) is 2. The Morgan fingerprint density at radius 3 is 2.47 bits per heavy atom. The number of carbonyl (C=O) groups is 4. The molecule has 0 bridgehead atoms. The number of hydrogen-bond acceptors (Lipinski definition) is 9. The van der Waals surface area contributed by atoms with Crippen LogP contribution in [0, 0.1) is 11.3 Å². The maximum Gasteiger partial charge on any atom is 0.325 e. The van der Waals surface area contributed by atoms with E-state index in [1.165, 1.54) is 11.9 Å². The molecule has 4 atom stereocenters. The van der Waals surface area contributed by atoms with Crippen LogP contribution in [-0.4, -0.2) is 87.1 Å². The third kappa shape index (κ3) is 10.5. The monoisotopic (exact) mass is 739 g/mol. The molecule has 2 fully saturated rings. The number of halogens is 3. The van der Waals surface area contributed by atoms with Crippen LogP contribution >= 0.6 is 34.8 Å². The first-order valence-corrected chi connectivity index (χ1v) is 17.5. The fraction of sp³-hybridized carbons (Fsp3) is 0.559. The average Bonchev–Trinajstić information content (AvgIpc) is 3.07. The van der Waals surface area contributed by atoms with Crippen molar-refractivity contribution < 1.29 is 33.8 Å². The Balaban J connectivity index is 1.43. The maximum atomic E-state index is 14.0. The number of amides is 3. The highest BCUT2D eigenvalue weighted by Gasteiger charge is 2.41. The van der Waals surface area contributed by atoms with Gasteiger partial charge in [-0.15, -0.1) is 0 Å². The van der Waals surface area contributed by atoms with E-state index >= 15 is 0 Å². The molecule has 3 heterocycles. The van der Waals surface area contributed by atoms with Gasteiger partial charge in [0.15, 0.2) is 0 Å². The average molecular weight is 741 g/mol. The van der Waals surface area contributed by atoms with E-state index in [9.17, 15) is 24.3 Å². The Kier molecular flexibility index (Phi) is 13.3. The van der Waals surface area contributed by atoms with Crippen molar-refractivity contribution >= 4 is 75.5 Å². The summed E-state index contributed by atoms with van der Waals surface area (Å²) >= 11 is 17.0. The maximum absolute atomic E-state index is 14.0. The Labute approximate surface area is 301 Å². The van der Waals surface area contributed by atoms with Crippen LogP contribution in [0.3, 0.4) is 0 Å². The number of hydrogen-bond donors (Lipinski definition) is 4. The molecule has 0 unspecified atom stereocenters. The van der Waals surface area contributed by atoms with Crippen LogP contribution in [0.25, 0.3) is 17.0 Å². The van der Waals surface area contributed by atoms with Crippen LogP contribution in [-0.2, 0) is 28.7 Å². The third-order valence-electron chi connectivity index (χ3n) is 8.68. The van der Waals surface area contributed by atoms with Crippen molar-refractivity contribution in [3.63, 3.8) is 0 Å². The number of nitrogens with zero attached hydrogens (tertiary/aromatic N) is 2. The fourth-order valence-electron chi connectivity index (χ4n) is 5.73. The van der Waals surface area contributed by atoms with Gasteiger partial charge in [-0.1, -0.05) is 79.0 Å². The number of benzene rings is 1. The standard InChI is InChI=1S/C34H44Cl3N5O7/c1-20(2)28(29(44)38-21(3)30(45)42-15-5-6-26(41-42)31(46)49-19-34(35,36)37)40-32(47)33(13-16-48-17-14-33)12-11-23-7-8-24-9-10-25(22(4)43)39-27(24)18-23/h7-12,18,20-22,26,28,41,43H,5-6,13-17,19H2,1-4H3,(H,38,44)(H,40,47)/b12-11+/t21-,22+,26-,28-/m0/s1. The van der Waals surface area contributed by atoms with Crippen LogP contribution in [0.4, 0.5) is 0 Å². The molecule has 2 aromatic rings. The molecule has 49 heavy (non-hydrogen) atoms. The number of rotatable bonds is 11. The molecule has 0 saturated carbocycles. The zero-order valence-electron chi connectivity index (χ0n) is 28.0. The van der Waals surface area contributed by atoms with Gasteiger partial charge in [-0.3, -0.25) is 29.2 Å². The second kappa shape index (κ2) is 16.8. The predicted octanol–water partition coefficient (Wildman–Crippen LogP) is 4.15. The first kappa shape index (κ1) is 38.8. The Bertz CT molecular complexity index is 1540. The molecule has 0 spiro atoms. The van der Waals surface area contributed by atoms with E-state index in [-0.39, 0.29) is 11.8 Å². The largest absolute Gasteiger partial charge is 0.460 e. The van der Waals surface area contributed by atoms with Crippen LogP contribution in [0.5, 0.6) is 0 Å². The van der Waals surface area contributed by atoms with Crippen LogP contribution in [0.2, 0.25) is 0 Å². The number of hydrazine groups is 1. The van der Waals surface area contributed by atoms with E-state index in [2.05, 4.69) is 21.0 Å². The molecular weight excluding hydrogens is 697 g/mol. The highest BCUT2D eigenvalue weighted by atomic mass is 35.6. The van der Waals surface area contributed by atoms with E-state index in [0.717, 1.165) is 16.5 Å². The number of esters is 1. The topological polar surface area (TPSA) is 159 Å². The van der Waals surface area contributed by atoms with Crippen molar-refractivity contribution in [1.82, 2.24) is 26.1 Å². The summed E-state index contributed by atoms with van der Waals surface area (Å²) in [6.45, 7) is 7.45. The quantitative estimate of drug-likeness (QED) is 0.196. The van der Waals surface area contributed by atoms with Gasteiger partial charge in [0.05, 0.1) is 22.7 Å². The lowest BCUT2D eigenvalue weighted by atomic mass is 9.78. The molecule has 1 aromatic heterocycles. The molecule has 2 aliphatic heterocycles. The molecule has 4 rings (SSSR count). The third-order valence-corrected chi connectivity index (χ3v) is 9.00. The lowest BCUT2D eigenvalue weighted by Gasteiger charge is -2.36. The first-order chi connectivity index (χ1) is 23.1. The minimum Gasteiger partial charge on any atom is -0.460 e. The van der Waals surface area contributed by atoms with Gasteiger partial charge in [-0.05, 0) is 63.1 Å². The van der Waals surface area contributed by atoms with Gasteiger partial charge >= 0.3 is 5.97 Å². The normalized spacial score (nSPS) is 20.1. The van der Waals surface area contributed by atoms with Gasteiger partial charge in [0, 0.05) is 25.1 Å². The predicted molar refractivity (Wildman–Crippen MR) is 187 cm³/mol. The summed E-state index contributed by atoms with van der Waals surface area (Å²) in [6.07, 6.45) is 4.79. The fourth-order valence-corrected chi connectivity index (χ4v) is 5.90. The van der Waals surface area contributed by atoms with Crippen LogP contribution in [0.15, 0.2) is 36.4 Å². The summed E-state index contributed by atoms with van der Waals surface area (Å²) in [7, 11) is 0. The van der Waals surface area contributed by atoms with E-state index in [1.54, 1.807) is 13.0 Å². The highest BCUT2D eigenvalue weighted by Crippen LogP contribution is 2.34. The number of aromatic nitrogens is 1. The van der Waals surface area contributed by atoms with Crippen molar-refractivity contribution in [2.45, 2.75) is 81.4 Å². The number of aliphatic hydroxyl groups excluding tert-OH is 1.